The molecule has 3 heteroatoms. The van der Waals surface area contributed by atoms with E-state index in [1.807, 2.05) is 24.3 Å². The summed E-state index contributed by atoms with van der Waals surface area (Å²) in [6.45, 7) is 2.24. The molecule has 0 aliphatic carbocycles. The van der Waals surface area contributed by atoms with Crippen molar-refractivity contribution in [3.63, 3.8) is 0 Å². The van der Waals surface area contributed by atoms with E-state index in [1.54, 1.807) is 0 Å². The average Bonchev–Trinajstić information content (AvgIpc) is 2.81. The maximum absolute atomic E-state index is 14.0. The second-order valence-corrected chi connectivity index (χ2v) is 7.63. The van der Waals surface area contributed by atoms with Crippen molar-refractivity contribution in [2.45, 2.75) is 45.4 Å². The maximum atomic E-state index is 14.0. The van der Waals surface area contributed by atoms with Gasteiger partial charge in [-0.05, 0) is 53.8 Å². The van der Waals surface area contributed by atoms with E-state index in [9.17, 15) is 8.78 Å². The number of benzene rings is 3. The normalized spacial score (nSPS) is 10.5. The fourth-order valence-corrected chi connectivity index (χ4v) is 3.47. The van der Waals surface area contributed by atoms with Gasteiger partial charge in [-0.3, -0.25) is 0 Å². The van der Waals surface area contributed by atoms with Crippen molar-refractivity contribution in [2.24, 2.45) is 0 Å². The van der Waals surface area contributed by atoms with Gasteiger partial charge in [-0.15, -0.1) is 0 Å². The number of unbranched alkanes of at least 4 members (excludes halogenated alkanes) is 4. The first-order valence-electron chi connectivity index (χ1n) is 10.9. The molecule has 0 aliphatic rings. The van der Waals surface area contributed by atoms with E-state index in [-0.39, 0.29) is 11.3 Å². The Balaban J connectivity index is 1.63. The monoisotopic (exact) mass is 418 g/mol. The van der Waals surface area contributed by atoms with Gasteiger partial charge in [-0.2, -0.15) is 4.39 Å². The summed E-state index contributed by atoms with van der Waals surface area (Å²) in [5.41, 5.74) is 4.37. The number of rotatable bonds is 8. The Kier molecular flexibility index (Phi) is 8.24. The van der Waals surface area contributed by atoms with Crippen LogP contribution in [0.25, 0.3) is 11.1 Å². The highest BCUT2D eigenvalue weighted by atomic mass is 19.2. The average molecular weight is 419 g/mol. The summed E-state index contributed by atoms with van der Waals surface area (Å²) in [7, 11) is 1.30. The molecular weight excluding hydrogens is 390 g/mol. The highest BCUT2D eigenvalue weighted by Gasteiger charge is 2.12. The van der Waals surface area contributed by atoms with E-state index in [0.717, 1.165) is 23.1 Å². The highest BCUT2D eigenvalue weighted by Crippen LogP contribution is 2.23. The zero-order valence-corrected chi connectivity index (χ0v) is 18.2. The van der Waals surface area contributed by atoms with Crippen molar-refractivity contribution < 1.29 is 13.5 Å². The molecular formula is C28H28F2O. The summed E-state index contributed by atoms with van der Waals surface area (Å²) in [5.74, 6) is 3.45. The molecule has 0 spiro atoms. The lowest BCUT2D eigenvalue weighted by Gasteiger charge is -2.05. The van der Waals surface area contributed by atoms with Gasteiger partial charge in [0.15, 0.2) is 11.6 Å². The molecule has 0 radical (unpaired) electrons. The van der Waals surface area contributed by atoms with Crippen molar-refractivity contribution in [3.8, 4) is 28.7 Å². The SMILES string of the molecule is CCCCCCCc1ccc(-c2ccc(C#Cc3ccc(OC)c(F)c3F)cc2)cc1. The quantitative estimate of drug-likeness (QED) is 0.271. The van der Waals surface area contributed by atoms with Crippen LogP contribution < -0.4 is 4.74 Å². The molecule has 0 N–H and O–H groups in total. The molecule has 1 nitrogen and oxygen atoms in total. The fraction of sp³-hybridized carbons (Fsp3) is 0.286. The first kappa shape index (κ1) is 22.6. The molecule has 0 saturated carbocycles. The van der Waals surface area contributed by atoms with E-state index in [4.69, 9.17) is 4.74 Å². The summed E-state index contributed by atoms with van der Waals surface area (Å²) >= 11 is 0. The van der Waals surface area contributed by atoms with E-state index >= 15 is 0 Å². The minimum absolute atomic E-state index is 0.00709. The van der Waals surface area contributed by atoms with Crippen LogP contribution in [0.5, 0.6) is 5.75 Å². The number of aryl methyl sites for hydroxylation is 1. The van der Waals surface area contributed by atoms with Gasteiger partial charge in [0.25, 0.3) is 0 Å². The Bertz CT molecular complexity index is 1040. The number of methoxy groups -OCH3 is 1. The van der Waals surface area contributed by atoms with Crippen molar-refractivity contribution in [2.75, 3.05) is 7.11 Å². The standard InChI is InChI=1S/C28H28F2O/c1-3-4-5-6-7-8-21-9-14-23(15-10-21)24-16-11-22(12-17-24)13-18-25-19-20-26(31-2)28(30)27(25)29/h9-12,14-17,19-20H,3-8H2,1-2H3. The van der Waals surface area contributed by atoms with Crippen molar-refractivity contribution in [3.05, 3.63) is 89.0 Å². The lowest BCUT2D eigenvalue weighted by atomic mass is 10.00. The first-order chi connectivity index (χ1) is 15.1. The number of hydrogen-bond acceptors (Lipinski definition) is 1. The Morgan fingerprint density at radius 2 is 1.35 bits per heavy atom. The van der Waals surface area contributed by atoms with Crippen LogP contribution in [0.3, 0.4) is 0 Å². The zero-order valence-electron chi connectivity index (χ0n) is 18.2. The van der Waals surface area contributed by atoms with Crippen LogP contribution in [0.15, 0.2) is 60.7 Å². The van der Waals surface area contributed by atoms with Gasteiger partial charge in [-0.1, -0.05) is 80.8 Å². The third-order valence-corrected chi connectivity index (χ3v) is 5.35. The summed E-state index contributed by atoms with van der Waals surface area (Å²) in [5, 5.41) is 0. The molecule has 0 aromatic heterocycles. The second kappa shape index (κ2) is 11.3. The van der Waals surface area contributed by atoms with Gasteiger partial charge < -0.3 is 4.74 Å². The molecule has 0 heterocycles. The summed E-state index contributed by atoms with van der Waals surface area (Å²) in [6, 6.07) is 19.3. The van der Waals surface area contributed by atoms with Crippen LogP contribution in [-0.2, 0) is 6.42 Å². The van der Waals surface area contributed by atoms with E-state index in [0.29, 0.717) is 0 Å². The molecule has 0 unspecified atom stereocenters. The molecule has 0 fully saturated rings. The van der Waals surface area contributed by atoms with E-state index in [2.05, 4.69) is 43.0 Å². The predicted molar refractivity (Wildman–Crippen MR) is 123 cm³/mol. The Morgan fingerprint density at radius 3 is 2.00 bits per heavy atom. The Hall–Kier alpha value is -3.12. The van der Waals surface area contributed by atoms with Gasteiger partial charge in [0.2, 0.25) is 5.82 Å². The largest absolute Gasteiger partial charge is 0.494 e. The molecule has 160 valence electrons. The molecule has 3 aromatic rings. The number of hydrogen-bond donors (Lipinski definition) is 0. The molecule has 0 aliphatic heterocycles. The van der Waals surface area contributed by atoms with Gasteiger partial charge in [0.1, 0.15) is 0 Å². The topological polar surface area (TPSA) is 9.23 Å². The number of ether oxygens (including phenoxy) is 1. The first-order valence-corrected chi connectivity index (χ1v) is 10.9. The maximum Gasteiger partial charge on any atom is 0.201 e. The predicted octanol–water partition coefficient (Wildman–Crippen LogP) is 7.55. The summed E-state index contributed by atoms with van der Waals surface area (Å²) in [4.78, 5) is 0. The Morgan fingerprint density at radius 1 is 0.710 bits per heavy atom. The summed E-state index contributed by atoms with van der Waals surface area (Å²) in [6.07, 6.45) is 7.59. The molecule has 3 rings (SSSR count). The lowest BCUT2D eigenvalue weighted by molar-refractivity contribution is 0.371. The smallest absolute Gasteiger partial charge is 0.201 e. The molecule has 0 bridgehead atoms. The van der Waals surface area contributed by atoms with Crippen LogP contribution in [0.2, 0.25) is 0 Å². The Labute approximate surface area is 184 Å². The minimum Gasteiger partial charge on any atom is -0.494 e. The molecule has 0 amide bonds. The van der Waals surface area contributed by atoms with Gasteiger partial charge >= 0.3 is 0 Å². The lowest BCUT2D eigenvalue weighted by Crippen LogP contribution is -1.95. The third kappa shape index (κ3) is 6.18. The van der Waals surface area contributed by atoms with Crippen LogP contribution in [0.4, 0.5) is 8.78 Å². The summed E-state index contributed by atoms with van der Waals surface area (Å²) < 4.78 is 32.6. The van der Waals surface area contributed by atoms with Crippen LogP contribution in [0.1, 0.15) is 55.7 Å². The van der Waals surface area contributed by atoms with Crippen molar-refractivity contribution >= 4 is 0 Å². The van der Waals surface area contributed by atoms with Crippen LogP contribution in [-0.4, -0.2) is 7.11 Å². The van der Waals surface area contributed by atoms with Crippen LogP contribution in [0, 0.1) is 23.5 Å². The molecule has 3 aromatic carbocycles. The second-order valence-electron chi connectivity index (χ2n) is 7.63. The zero-order chi connectivity index (χ0) is 22.1. The minimum atomic E-state index is -1.02. The van der Waals surface area contributed by atoms with Crippen LogP contribution >= 0.6 is 0 Å². The fourth-order valence-electron chi connectivity index (χ4n) is 3.47. The highest BCUT2D eigenvalue weighted by molar-refractivity contribution is 5.64. The van der Waals surface area contributed by atoms with Crippen molar-refractivity contribution in [1.29, 1.82) is 0 Å². The van der Waals surface area contributed by atoms with Gasteiger partial charge in [-0.25, -0.2) is 4.39 Å². The van der Waals surface area contributed by atoms with E-state index < -0.39 is 11.6 Å². The number of halogens is 2. The van der Waals surface area contributed by atoms with Gasteiger partial charge in [0.05, 0.1) is 12.7 Å². The molecule has 0 atom stereocenters. The van der Waals surface area contributed by atoms with Gasteiger partial charge in [0, 0.05) is 5.56 Å². The third-order valence-electron chi connectivity index (χ3n) is 5.35. The molecule has 0 saturated heterocycles. The van der Waals surface area contributed by atoms with E-state index in [1.165, 1.54) is 56.9 Å². The van der Waals surface area contributed by atoms with Crippen molar-refractivity contribution in [1.82, 2.24) is 0 Å². The molecule has 31 heavy (non-hydrogen) atoms.